The first-order valence-corrected chi connectivity index (χ1v) is 10.5. The number of nitrogen functional groups attached to an aromatic ring is 1. The van der Waals surface area contributed by atoms with Gasteiger partial charge in [0.05, 0.1) is 11.9 Å². The number of hydrogen-bond acceptors (Lipinski definition) is 6. The number of halogens is 3. The molecule has 1 fully saturated rings. The summed E-state index contributed by atoms with van der Waals surface area (Å²) in [7, 11) is 0. The molecule has 1 saturated heterocycles. The Hall–Kier alpha value is -3.99. The van der Waals surface area contributed by atoms with Crippen LogP contribution < -0.4 is 21.7 Å². The van der Waals surface area contributed by atoms with Crippen LogP contribution in [0, 0.1) is 17.5 Å². The van der Waals surface area contributed by atoms with Crippen LogP contribution in [0.1, 0.15) is 32.8 Å². The van der Waals surface area contributed by atoms with Gasteiger partial charge in [0.15, 0.2) is 29.0 Å². The maximum atomic E-state index is 13.4. The van der Waals surface area contributed by atoms with Crippen LogP contribution in [0.25, 0.3) is 11.3 Å². The van der Waals surface area contributed by atoms with Crippen molar-refractivity contribution in [3.05, 3.63) is 76.9 Å². The summed E-state index contributed by atoms with van der Waals surface area (Å²) in [5.41, 5.74) is 6.99. The minimum absolute atomic E-state index is 0.0140. The van der Waals surface area contributed by atoms with Gasteiger partial charge < -0.3 is 21.7 Å². The molecule has 0 spiro atoms. The van der Waals surface area contributed by atoms with Gasteiger partial charge in [-0.05, 0) is 42.8 Å². The van der Waals surface area contributed by atoms with Gasteiger partial charge in [-0.2, -0.15) is 0 Å². The number of carbonyl (C=O) groups excluding carboxylic acids is 2. The molecule has 2 aromatic carbocycles. The van der Waals surface area contributed by atoms with Crippen molar-refractivity contribution < 1.29 is 22.8 Å². The average molecular weight is 470 g/mol. The summed E-state index contributed by atoms with van der Waals surface area (Å²) in [6.45, 7) is 1.26. The van der Waals surface area contributed by atoms with Gasteiger partial charge in [0, 0.05) is 30.3 Å². The third kappa shape index (κ3) is 5.15. The first-order chi connectivity index (χ1) is 16.3. The predicted octanol–water partition coefficient (Wildman–Crippen LogP) is 2.16. The Kier molecular flexibility index (Phi) is 6.73. The molecule has 0 saturated carbocycles. The molecule has 0 aliphatic carbocycles. The van der Waals surface area contributed by atoms with Crippen LogP contribution in [0.4, 0.5) is 19.0 Å². The minimum atomic E-state index is -1.57. The number of nitrogens with zero attached hydrogens (tertiary/aromatic N) is 2. The molecule has 8 nitrogen and oxygen atoms in total. The summed E-state index contributed by atoms with van der Waals surface area (Å²) in [5.74, 6) is -5.22. The van der Waals surface area contributed by atoms with Crippen LogP contribution in [0.5, 0.6) is 0 Å². The molecular formula is C23H21F3N6O2. The fraction of sp³-hybridized carbons (Fsp3) is 0.217. The van der Waals surface area contributed by atoms with E-state index < -0.39 is 29.3 Å². The molecule has 2 amide bonds. The van der Waals surface area contributed by atoms with Crippen molar-refractivity contribution in [3.8, 4) is 11.3 Å². The molecule has 1 aliphatic rings. The molecule has 5 N–H and O–H groups in total. The number of nitrogens with two attached hydrogens (primary N) is 1. The van der Waals surface area contributed by atoms with Crippen LogP contribution in [-0.4, -0.2) is 40.9 Å². The molecule has 2 heterocycles. The van der Waals surface area contributed by atoms with E-state index in [0.717, 1.165) is 25.1 Å². The number of rotatable bonds is 6. The summed E-state index contributed by atoms with van der Waals surface area (Å²) >= 11 is 0. The highest BCUT2D eigenvalue weighted by atomic mass is 19.2. The Morgan fingerprint density at radius 1 is 1.12 bits per heavy atom. The van der Waals surface area contributed by atoms with Gasteiger partial charge in [-0.15, -0.1) is 0 Å². The zero-order valence-corrected chi connectivity index (χ0v) is 17.9. The fourth-order valence-corrected chi connectivity index (χ4v) is 3.55. The van der Waals surface area contributed by atoms with E-state index in [1.165, 1.54) is 18.3 Å². The van der Waals surface area contributed by atoms with E-state index in [0.29, 0.717) is 17.8 Å². The number of benzene rings is 2. The van der Waals surface area contributed by atoms with E-state index in [-0.39, 0.29) is 35.2 Å². The van der Waals surface area contributed by atoms with Crippen molar-refractivity contribution in [1.82, 2.24) is 25.9 Å². The molecule has 176 valence electrons. The van der Waals surface area contributed by atoms with Crippen LogP contribution >= 0.6 is 0 Å². The minimum Gasteiger partial charge on any atom is -0.382 e. The number of hydrogen-bond donors (Lipinski definition) is 4. The van der Waals surface area contributed by atoms with Crippen LogP contribution in [0.3, 0.4) is 0 Å². The zero-order valence-electron chi connectivity index (χ0n) is 17.9. The summed E-state index contributed by atoms with van der Waals surface area (Å²) in [5, 5.41) is 8.54. The lowest BCUT2D eigenvalue weighted by molar-refractivity contribution is 0.0932. The van der Waals surface area contributed by atoms with Crippen LogP contribution in [0.2, 0.25) is 0 Å². The molecule has 11 heteroatoms. The van der Waals surface area contributed by atoms with Crippen molar-refractivity contribution in [1.29, 1.82) is 0 Å². The molecule has 4 rings (SSSR count). The molecule has 1 aliphatic heterocycles. The highest BCUT2D eigenvalue weighted by Gasteiger charge is 2.21. The summed E-state index contributed by atoms with van der Waals surface area (Å²) in [6.07, 6.45) is 2.19. The van der Waals surface area contributed by atoms with Crippen molar-refractivity contribution in [3.63, 3.8) is 0 Å². The SMILES string of the molecule is Nc1ncc(-c2cccc(C(=O)NCc3cc(F)c(F)c(F)c3)c2)nc1C(=O)N[C@H]1CCNC1. The normalized spacial score (nSPS) is 15.2. The second-order valence-electron chi connectivity index (χ2n) is 7.79. The van der Waals surface area contributed by atoms with Crippen LogP contribution in [0.15, 0.2) is 42.6 Å². The highest BCUT2D eigenvalue weighted by molar-refractivity contribution is 5.97. The third-order valence-electron chi connectivity index (χ3n) is 5.33. The molecule has 1 aromatic heterocycles. The Labute approximate surface area is 192 Å². The van der Waals surface area contributed by atoms with Crippen LogP contribution in [-0.2, 0) is 6.54 Å². The van der Waals surface area contributed by atoms with Gasteiger partial charge in [-0.3, -0.25) is 9.59 Å². The van der Waals surface area contributed by atoms with Crippen molar-refractivity contribution in [2.45, 2.75) is 19.0 Å². The second kappa shape index (κ2) is 9.87. The molecule has 0 unspecified atom stereocenters. The van der Waals surface area contributed by atoms with Gasteiger partial charge in [0.2, 0.25) is 0 Å². The monoisotopic (exact) mass is 470 g/mol. The summed E-state index contributed by atoms with van der Waals surface area (Å²) < 4.78 is 39.9. The molecule has 0 radical (unpaired) electrons. The van der Waals surface area contributed by atoms with E-state index in [1.807, 2.05) is 0 Å². The fourth-order valence-electron chi connectivity index (χ4n) is 3.55. The number of nitrogens with one attached hydrogen (secondary N) is 3. The molecule has 34 heavy (non-hydrogen) atoms. The smallest absolute Gasteiger partial charge is 0.274 e. The second-order valence-corrected chi connectivity index (χ2v) is 7.79. The Balaban J connectivity index is 1.49. The zero-order chi connectivity index (χ0) is 24.2. The van der Waals surface area contributed by atoms with Crippen molar-refractivity contribution in [2.75, 3.05) is 18.8 Å². The van der Waals surface area contributed by atoms with E-state index in [9.17, 15) is 22.8 Å². The molecular weight excluding hydrogens is 449 g/mol. The van der Waals surface area contributed by atoms with E-state index in [4.69, 9.17) is 5.73 Å². The van der Waals surface area contributed by atoms with E-state index >= 15 is 0 Å². The largest absolute Gasteiger partial charge is 0.382 e. The van der Waals surface area contributed by atoms with E-state index in [2.05, 4.69) is 25.9 Å². The average Bonchev–Trinajstić information content (AvgIpc) is 3.34. The van der Waals surface area contributed by atoms with Gasteiger partial charge in [-0.1, -0.05) is 12.1 Å². The van der Waals surface area contributed by atoms with Crippen molar-refractivity contribution >= 4 is 17.6 Å². The lowest BCUT2D eigenvalue weighted by Gasteiger charge is -2.12. The van der Waals surface area contributed by atoms with Gasteiger partial charge in [0.25, 0.3) is 11.8 Å². The maximum absolute atomic E-state index is 13.4. The highest BCUT2D eigenvalue weighted by Crippen LogP contribution is 2.20. The third-order valence-corrected chi connectivity index (χ3v) is 5.33. The topological polar surface area (TPSA) is 122 Å². The standard InChI is InChI=1S/C23H21F3N6O2/c24-16-6-12(7-17(25)19(16)26)9-30-22(33)14-3-1-2-13(8-14)18-11-29-21(27)20(32-18)23(34)31-15-4-5-28-10-15/h1-3,6-8,11,15,28H,4-5,9-10H2,(H2,27,29)(H,30,33)(H,31,34)/t15-/m0/s1. The van der Waals surface area contributed by atoms with E-state index in [1.54, 1.807) is 12.1 Å². The Morgan fingerprint density at radius 3 is 2.59 bits per heavy atom. The number of aromatic nitrogens is 2. The number of anilines is 1. The molecule has 3 aromatic rings. The summed E-state index contributed by atoms with van der Waals surface area (Å²) in [4.78, 5) is 33.6. The molecule has 0 bridgehead atoms. The molecule has 1 atom stereocenters. The first kappa shape index (κ1) is 23.2. The lowest BCUT2D eigenvalue weighted by Crippen LogP contribution is -2.37. The lowest BCUT2D eigenvalue weighted by atomic mass is 10.1. The Bertz CT molecular complexity index is 1220. The quantitative estimate of drug-likeness (QED) is 0.410. The van der Waals surface area contributed by atoms with Crippen molar-refractivity contribution in [2.24, 2.45) is 0 Å². The predicted molar refractivity (Wildman–Crippen MR) is 118 cm³/mol. The van der Waals surface area contributed by atoms with Gasteiger partial charge in [-0.25, -0.2) is 23.1 Å². The number of amides is 2. The van der Waals surface area contributed by atoms with Gasteiger partial charge in [0.1, 0.15) is 0 Å². The maximum Gasteiger partial charge on any atom is 0.274 e. The summed E-state index contributed by atoms with van der Waals surface area (Å²) in [6, 6.07) is 7.97. The van der Waals surface area contributed by atoms with Gasteiger partial charge >= 0.3 is 0 Å². The Morgan fingerprint density at radius 2 is 1.88 bits per heavy atom. The number of carbonyl (C=O) groups is 2. The first-order valence-electron chi connectivity index (χ1n) is 10.5.